The number of nitrogens with one attached hydrogen (secondary N) is 1. The first-order valence-electron chi connectivity index (χ1n) is 4.49. The Kier molecular flexibility index (Phi) is 3.69. The third-order valence-electron chi connectivity index (χ3n) is 2.42. The topological polar surface area (TPSA) is 38.3 Å². The van der Waals surface area contributed by atoms with Gasteiger partial charge in [-0.2, -0.15) is 0 Å². The molecule has 1 atom stereocenters. The Morgan fingerprint density at radius 3 is 2.75 bits per heavy atom. The van der Waals surface area contributed by atoms with Crippen LogP contribution in [0.25, 0.3) is 0 Å². The normalized spacial score (nSPS) is 20.2. The maximum Gasteiger partial charge on any atom is 0.141 e. The zero-order chi connectivity index (χ0) is 8.97. The van der Waals surface area contributed by atoms with Crippen molar-refractivity contribution in [2.24, 2.45) is 11.8 Å². The molecule has 70 valence electrons. The van der Waals surface area contributed by atoms with Gasteiger partial charge in [-0.3, -0.25) is 4.79 Å². The summed E-state index contributed by atoms with van der Waals surface area (Å²) in [5.74, 6) is 0.833. The van der Waals surface area contributed by atoms with Crippen molar-refractivity contribution in [3.8, 4) is 0 Å². The molecule has 0 radical (unpaired) electrons. The zero-order valence-corrected chi connectivity index (χ0v) is 7.80. The quantitative estimate of drug-likeness (QED) is 0.652. The number of carbonyl (C=O) groups is 1. The third kappa shape index (κ3) is 2.29. The van der Waals surface area contributed by atoms with Gasteiger partial charge in [-0.05, 0) is 6.42 Å². The van der Waals surface area contributed by atoms with E-state index >= 15 is 0 Å². The maximum atomic E-state index is 11.5. The number of hydrogen-bond acceptors (Lipinski definition) is 3. The highest BCUT2D eigenvalue weighted by Crippen LogP contribution is 2.14. The molecule has 0 aromatic heterocycles. The van der Waals surface area contributed by atoms with Crippen molar-refractivity contribution in [1.29, 1.82) is 0 Å². The van der Waals surface area contributed by atoms with E-state index in [4.69, 9.17) is 4.74 Å². The lowest BCUT2D eigenvalue weighted by Gasteiger charge is -2.28. The molecule has 1 aliphatic rings. The van der Waals surface area contributed by atoms with Crippen LogP contribution in [0, 0.1) is 11.8 Å². The van der Waals surface area contributed by atoms with Crippen LogP contribution in [0.2, 0.25) is 0 Å². The number of Topliss-reactive ketones (excluding diaryl/α,β-unsaturated/α-hetero) is 1. The minimum absolute atomic E-state index is 0.164. The highest BCUT2D eigenvalue weighted by Gasteiger charge is 2.28. The van der Waals surface area contributed by atoms with E-state index in [2.05, 4.69) is 5.32 Å². The van der Waals surface area contributed by atoms with Crippen molar-refractivity contribution < 1.29 is 9.53 Å². The van der Waals surface area contributed by atoms with E-state index in [9.17, 15) is 4.79 Å². The van der Waals surface area contributed by atoms with E-state index in [1.165, 1.54) is 0 Å². The lowest BCUT2D eigenvalue weighted by molar-refractivity contribution is -0.128. The number of ketones is 1. The standard InChI is InChI=1S/C9H17NO2/c1-7(3-4-12-2)9(11)8-5-10-6-8/h7-8,10H,3-6H2,1-2H3. The molecule has 0 aromatic rings. The van der Waals surface area contributed by atoms with Crippen LogP contribution in [0.3, 0.4) is 0 Å². The van der Waals surface area contributed by atoms with Gasteiger partial charge in [0, 0.05) is 38.6 Å². The molecular formula is C9H17NO2. The van der Waals surface area contributed by atoms with Gasteiger partial charge in [-0.1, -0.05) is 6.92 Å². The van der Waals surface area contributed by atoms with Crippen LogP contribution in [-0.4, -0.2) is 32.6 Å². The summed E-state index contributed by atoms with van der Waals surface area (Å²) < 4.78 is 4.93. The summed E-state index contributed by atoms with van der Waals surface area (Å²) in [5.41, 5.74) is 0. The summed E-state index contributed by atoms with van der Waals surface area (Å²) in [6.45, 7) is 4.42. The van der Waals surface area contributed by atoms with Gasteiger partial charge in [0.2, 0.25) is 0 Å². The van der Waals surface area contributed by atoms with E-state index in [1.807, 2.05) is 6.92 Å². The van der Waals surface area contributed by atoms with Crippen LogP contribution in [0.15, 0.2) is 0 Å². The average molecular weight is 171 g/mol. The Balaban J connectivity index is 2.20. The van der Waals surface area contributed by atoms with Crippen molar-refractivity contribution in [1.82, 2.24) is 5.32 Å². The van der Waals surface area contributed by atoms with Gasteiger partial charge in [0.1, 0.15) is 5.78 Å². The van der Waals surface area contributed by atoms with Gasteiger partial charge in [0.25, 0.3) is 0 Å². The fourth-order valence-corrected chi connectivity index (χ4v) is 1.33. The Hall–Kier alpha value is -0.410. The minimum Gasteiger partial charge on any atom is -0.385 e. The Labute approximate surface area is 73.5 Å². The lowest BCUT2D eigenvalue weighted by atomic mass is 9.88. The van der Waals surface area contributed by atoms with E-state index in [-0.39, 0.29) is 11.8 Å². The second kappa shape index (κ2) is 4.58. The molecule has 3 heteroatoms. The molecule has 12 heavy (non-hydrogen) atoms. The van der Waals surface area contributed by atoms with Crippen LogP contribution in [0.4, 0.5) is 0 Å². The fourth-order valence-electron chi connectivity index (χ4n) is 1.33. The Bertz CT molecular complexity index is 155. The number of hydrogen-bond donors (Lipinski definition) is 1. The monoisotopic (exact) mass is 171 g/mol. The van der Waals surface area contributed by atoms with Crippen molar-refractivity contribution in [3.05, 3.63) is 0 Å². The molecule has 1 aliphatic heterocycles. The molecule has 1 saturated heterocycles. The largest absolute Gasteiger partial charge is 0.385 e. The van der Waals surface area contributed by atoms with Crippen molar-refractivity contribution in [3.63, 3.8) is 0 Å². The van der Waals surface area contributed by atoms with Crippen molar-refractivity contribution in [2.45, 2.75) is 13.3 Å². The first kappa shape index (κ1) is 9.68. The molecule has 3 nitrogen and oxygen atoms in total. The molecule has 0 amide bonds. The molecule has 1 rings (SSSR count). The average Bonchev–Trinajstić information content (AvgIpc) is 1.96. The molecule has 0 spiro atoms. The lowest BCUT2D eigenvalue weighted by Crippen LogP contribution is -2.48. The maximum absolute atomic E-state index is 11.5. The van der Waals surface area contributed by atoms with Gasteiger partial charge < -0.3 is 10.1 Å². The second-order valence-corrected chi connectivity index (χ2v) is 3.44. The summed E-state index contributed by atoms with van der Waals surface area (Å²) >= 11 is 0. The van der Waals surface area contributed by atoms with E-state index in [0.717, 1.165) is 19.5 Å². The SMILES string of the molecule is COCCC(C)C(=O)C1CNC1. The highest BCUT2D eigenvalue weighted by molar-refractivity contribution is 5.84. The highest BCUT2D eigenvalue weighted by atomic mass is 16.5. The molecule has 0 aliphatic carbocycles. The summed E-state index contributed by atoms with van der Waals surface area (Å²) in [4.78, 5) is 11.5. The molecule has 1 heterocycles. The van der Waals surface area contributed by atoms with E-state index in [0.29, 0.717) is 12.4 Å². The number of methoxy groups -OCH3 is 1. The summed E-state index contributed by atoms with van der Waals surface area (Å²) in [7, 11) is 1.67. The number of carbonyl (C=O) groups excluding carboxylic acids is 1. The van der Waals surface area contributed by atoms with Crippen molar-refractivity contribution in [2.75, 3.05) is 26.8 Å². The minimum atomic E-state index is 0.164. The predicted molar refractivity (Wildman–Crippen MR) is 47.0 cm³/mol. The predicted octanol–water partition coefficient (Wildman–Crippen LogP) is 0.448. The molecule has 0 aromatic carbocycles. The van der Waals surface area contributed by atoms with Gasteiger partial charge in [0.05, 0.1) is 0 Å². The molecule has 1 fully saturated rings. The smallest absolute Gasteiger partial charge is 0.141 e. The Morgan fingerprint density at radius 1 is 1.67 bits per heavy atom. The van der Waals surface area contributed by atoms with Crippen LogP contribution in [0.1, 0.15) is 13.3 Å². The Morgan fingerprint density at radius 2 is 2.33 bits per heavy atom. The molecule has 1 N–H and O–H groups in total. The van der Waals surface area contributed by atoms with Crippen LogP contribution in [-0.2, 0) is 9.53 Å². The van der Waals surface area contributed by atoms with Gasteiger partial charge in [-0.25, -0.2) is 0 Å². The van der Waals surface area contributed by atoms with Crippen LogP contribution in [0.5, 0.6) is 0 Å². The van der Waals surface area contributed by atoms with E-state index in [1.54, 1.807) is 7.11 Å². The van der Waals surface area contributed by atoms with Crippen molar-refractivity contribution >= 4 is 5.78 Å². The second-order valence-electron chi connectivity index (χ2n) is 3.44. The fraction of sp³-hybridized carbons (Fsp3) is 0.889. The molecular weight excluding hydrogens is 154 g/mol. The molecule has 0 saturated carbocycles. The van der Waals surface area contributed by atoms with Gasteiger partial charge in [0.15, 0.2) is 0 Å². The number of rotatable bonds is 5. The first-order valence-corrected chi connectivity index (χ1v) is 4.49. The van der Waals surface area contributed by atoms with Gasteiger partial charge >= 0.3 is 0 Å². The van der Waals surface area contributed by atoms with E-state index < -0.39 is 0 Å². The first-order chi connectivity index (χ1) is 5.75. The summed E-state index contributed by atoms with van der Waals surface area (Å²) in [5, 5.41) is 3.10. The zero-order valence-electron chi connectivity index (χ0n) is 7.80. The van der Waals surface area contributed by atoms with Crippen LogP contribution < -0.4 is 5.32 Å². The van der Waals surface area contributed by atoms with Gasteiger partial charge in [-0.15, -0.1) is 0 Å². The third-order valence-corrected chi connectivity index (χ3v) is 2.42. The van der Waals surface area contributed by atoms with Crippen LogP contribution >= 0.6 is 0 Å². The summed E-state index contributed by atoms with van der Waals surface area (Å²) in [6, 6.07) is 0. The number of ether oxygens (including phenoxy) is 1. The molecule has 0 bridgehead atoms. The molecule has 1 unspecified atom stereocenters. The summed E-state index contributed by atoms with van der Waals surface area (Å²) in [6.07, 6.45) is 0.853.